The Kier molecular flexibility index (Phi) is 5.65. The highest BCUT2D eigenvalue weighted by Gasteiger charge is 2.31. The number of hydrogen-bond acceptors (Lipinski definition) is 5. The molecule has 0 radical (unpaired) electrons. The van der Waals surface area contributed by atoms with E-state index in [4.69, 9.17) is 4.84 Å². The standard InChI is InChI=1S/C19H17F3N2O4S/c1-10(11-3-6-18(15(22)7-11)29(2,26)27)23-19(25)17-9-16(24-28-17)13-8-12(20)4-5-14(13)21/h3-8,10,17H,9H2,1-2H3,(H,23,25)/t10-,17+/m0/s1. The first-order chi connectivity index (χ1) is 13.6. The molecule has 1 amide bonds. The van der Waals surface area contributed by atoms with Gasteiger partial charge in [-0.3, -0.25) is 4.79 Å². The smallest absolute Gasteiger partial charge is 0.264 e. The van der Waals surface area contributed by atoms with E-state index >= 15 is 0 Å². The summed E-state index contributed by atoms with van der Waals surface area (Å²) in [6.07, 6.45) is -0.234. The molecule has 6 nitrogen and oxygen atoms in total. The van der Waals surface area contributed by atoms with Crippen molar-refractivity contribution in [1.82, 2.24) is 5.32 Å². The van der Waals surface area contributed by atoms with Crippen LogP contribution >= 0.6 is 0 Å². The van der Waals surface area contributed by atoms with Crippen molar-refractivity contribution in [2.24, 2.45) is 5.16 Å². The average Bonchev–Trinajstić information content (AvgIpc) is 3.12. The molecule has 2 aromatic rings. The number of carbonyl (C=O) groups is 1. The number of sulfone groups is 1. The number of benzene rings is 2. The minimum Gasteiger partial charge on any atom is -0.382 e. The normalized spacial score (nSPS) is 17.4. The van der Waals surface area contributed by atoms with Crippen LogP contribution in [0.1, 0.15) is 30.5 Å². The topological polar surface area (TPSA) is 84.8 Å². The van der Waals surface area contributed by atoms with Crippen LogP contribution in [0, 0.1) is 17.5 Å². The van der Waals surface area contributed by atoms with Crippen LogP contribution in [0.3, 0.4) is 0 Å². The highest BCUT2D eigenvalue weighted by Crippen LogP contribution is 2.23. The minimum atomic E-state index is -3.71. The molecule has 1 aliphatic heterocycles. The van der Waals surface area contributed by atoms with Crippen molar-refractivity contribution < 1.29 is 31.2 Å². The quantitative estimate of drug-likeness (QED) is 0.797. The van der Waals surface area contributed by atoms with Gasteiger partial charge in [0.05, 0.1) is 11.8 Å². The van der Waals surface area contributed by atoms with Gasteiger partial charge in [-0.05, 0) is 42.8 Å². The number of nitrogens with one attached hydrogen (secondary N) is 1. The van der Waals surface area contributed by atoms with Crippen molar-refractivity contribution in [2.75, 3.05) is 6.26 Å². The van der Waals surface area contributed by atoms with Gasteiger partial charge in [0, 0.05) is 18.2 Å². The zero-order valence-corrected chi connectivity index (χ0v) is 16.3. The van der Waals surface area contributed by atoms with Crippen molar-refractivity contribution in [3.05, 3.63) is 65.0 Å². The second kappa shape index (κ2) is 7.86. The van der Waals surface area contributed by atoms with E-state index < -0.39 is 50.2 Å². The van der Waals surface area contributed by atoms with Gasteiger partial charge in [-0.1, -0.05) is 11.2 Å². The van der Waals surface area contributed by atoms with Gasteiger partial charge in [0.15, 0.2) is 9.84 Å². The van der Waals surface area contributed by atoms with Crippen molar-refractivity contribution >= 4 is 21.5 Å². The van der Waals surface area contributed by atoms with Crippen LogP contribution in [0.4, 0.5) is 13.2 Å². The molecule has 0 aromatic heterocycles. The van der Waals surface area contributed by atoms with Crippen LogP contribution in [-0.4, -0.2) is 32.4 Å². The molecule has 29 heavy (non-hydrogen) atoms. The van der Waals surface area contributed by atoms with E-state index in [0.29, 0.717) is 5.56 Å². The molecule has 0 spiro atoms. The molecule has 0 bridgehead atoms. The van der Waals surface area contributed by atoms with Crippen LogP contribution in [0.15, 0.2) is 46.4 Å². The van der Waals surface area contributed by atoms with Gasteiger partial charge in [-0.15, -0.1) is 0 Å². The lowest BCUT2D eigenvalue weighted by molar-refractivity contribution is -0.131. The summed E-state index contributed by atoms with van der Waals surface area (Å²) >= 11 is 0. The number of rotatable bonds is 5. The lowest BCUT2D eigenvalue weighted by atomic mass is 10.0. The summed E-state index contributed by atoms with van der Waals surface area (Å²) in [7, 11) is -3.71. The summed E-state index contributed by atoms with van der Waals surface area (Å²) in [4.78, 5) is 17.0. The second-order valence-corrected chi connectivity index (χ2v) is 8.64. The molecule has 2 aromatic carbocycles. The van der Waals surface area contributed by atoms with Crippen LogP contribution in [0.5, 0.6) is 0 Å². The summed E-state index contributed by atoms with van der Waals surface area (Å²) in [5.74, 6) is -2.84. The summed E-state index contributed by atoms with van der Waals surface area (Å²) in [6, 6.07) is 5.77. The first-order valence-electron chi connectivity index (χ1n) is 8.54. The molecule has 0 saturated heterocycles. The third kappa shape index (κ3) is 4.58. The third-order valence-electron chi connectivity index (χ3n) is 4.41. The molecule has 2 atom stereocenters. The molecule has 1 N–H and O–H groups in total. The van der Waals surface area contributed by atoms with E-state index in [-0.39, 0.29) is 17.7 Å². The van der Waals surface area contributed by atoms with Gasteiger partial charge in [0.25, 0.3) is 5.91 Å². The number of nitrogens with zero attached hydrogens (tertiary/aromatic N) is 1. The van der Waals surface area contributed by atoms with Gasteiger partial charge in [-0.25, -0.2) is 21.6 Å². The molecule has 1 heterocycles. The Morgan fingerprint density at radius 1 is 1.17 bits per heavy atom. The Morgan fingerprint density at radius 3 is 2.55 bits per heavy atom. The largest absolute Gasteiger partial charge is 0.382 e. The maximum absolute atomic E-state index is 14.1. The predicted molar refractivity (Wildman–Crippen MR) is 98.5 cm³/mol. The fraction of sp³-hybridized carbons (Fsp3) is 0.263. The molecule has 154 valence electrons. The van der Waals surface area contributed by atoms with E-state index in [0.717, 1.165) is 36.6 Å². The zero-order chi connectivity index (χ0) is 21.3. The summed E-state index contributed by atoms with van der Waals surface area (Å²) < 4.78 is 64.2. The Hall–Kier alpha value is -2.88. The molecular weight excluding hydrogens is 409 g/mol. The Balaban J connectivity index is 1.67. The highest BCUT2D eigenvalue weighted by atomic mass is 32.2. The maximum Gasteiger partial charge on any atom is 0.264 e. The van der Waals surface area contributed by atoms with Crippen LogP contribution in [0.2, 0.25) is 0 Å². The van der Waals surface area contributed by atoms with E-state index in [9.17, 15) is 26.4 Å². The predicted octanol–water partition coefficient (Wildman–Crippen LogP) is 2.88. The number of halogens is 3. The fourth-order valence-corrected chi connectivity index (χ4v) is 3.60. The van der Waals surface area contributed by atoms with Crippen molar-refractivity contribution in [2.45, 2.75) is 30.4 Å². The summed E-state index contributed by atoms with van der Waals surface area (Å²) in [6.45, 7) is 1.58. The van der Waals surface area contributed by atoms with Crippen LogP contribution in [-0.2, 0) is 19.5 Å². The van der Waals surface area contributed by atoms with Crippen molar-refractivity contribution in [1.29, 1.82) is 0 Å². The van der Waals surface area contributed by atoms with E-state index in [1.807, 2.05) is 0 Å². The van der Waals surface area contributed by atoms with Crippen LogP contribution < -0.4 is 5.32 Å². The molecule has 3 rings (SSSR count). The lowest BCUT2D eigenvalue weighted by Crippen LogP contribution is -2.36. The fourth-order valence-electron chi connectivity index (χ4n) is 2.87. The number of hydrogen-bond donors (Lipinski definition) is 1. The lowest BCUT2D eigenvalue weighted by Gasteiger charge is -2.17. The monoisotopic (exact) mass is 426 g/mol. The second-order valence-electron chi connectivity index (χ2n) is 6.65. The first-order valence-corrected chi connectivity index (χ1v) is 10.4. The maximum atomic E-state index is 14.1. The minimum absolute atomic E-state index is 0.0691. The number of oxime groups is 1. The summed E-state index contributed by atoms with van der Waals surface area (Å²) in [5, 5.41) is 6.27. The van der Waals surface area contributed by atoms with E-state index in [1.165, 1.54) is 6.07 Å². The molecule has 10 heteroatoms. The SMILES string of the molecule is C[C@H](NC(=O)[C@H]1CC(c2cc(F)ccc2F)=NO1)c1ccc(S(C)(=O)=O)c(F)c1. The van der Waals surface area contributed by atoms with Crippen LogP contribution in [0.25, 0.3) is 0 Å². The van der Waals surface area contributed by atoms with Crippen molar-refractivity contribution in [3.63, 3.8) is 0 Å². The molecule has 0 saturated carbocycles. The molecule has 0 fully saturated rings. The van der Waals surface area contributed by atoms with E-state index in [1.54, 1.807) is 6.92 Å². The van der Waals surface area contributed by atoms with E-state index in [2.05, 4.69) is 10.5 Å². The zero-order valence-electron chi connectivity index (χ0n) is 15.4. The summed E-state index contributed by atoms with van der Waals surface area (Å²) in [5.41, 5.74) is 0.351. The number of carbonyl (C=O) groups excluding carboxylic acids is 1. The van der Waals surface area contributed by atoms with Gasteiger partial charge < -0.3 is 10.2 Å². The van der Waals surface area contributed by atoms with Gasteiger partial charge >= 0.3 is 0 Å². The van der Waals surface area contributed by atoms with Gasteiger partial charge in [0.2, 0.25) is 6.10 Å². The molecule has 0 unspecified atom stereocenters. The molecular formula is C19H17F3N2O4S. The highest BCUT2D eigenvalue weighted by molar-refractivity contribution is 7.90. The Bertz CT molecular complexity index is 1100. The van der Waals surface area contributed by atoms with Gasteiger partial charge in [-0.2, -0.15) is 0 Å². The average molecular weight is 426 g/mol. The van der Waals surface area contributed by atoms with Crippen molar-refractivity contribution in [3.8, 4) is 0 Å². The Labute approximate surface area is 165 Å². The number of amides is 1. The molecule has 1 aliphatic rings. The molecule has 0 aliphatic carbocycles. The Morgan fingerprint density at radius 2 is 1.90 bits per heavy atom. The first kappa shape index (κ1) is 20.8. The van der Waals surface area contributed by atoms with Gasteiger partial charge in [0.1, 0.15) is 22.3 Å². The third-order valence-corrected chi connectivity index (χ3v) is 5.54.